The molecule has 0 aliphatic rings. The molecule has 1 N–H and O–H groups in total. The molecule has 0 aromatic heterocycles. The molecule has 1 aromatic rings. The van der Waals surface area contributed by atoms with Gasteiger partial charge in [0.2, 0.25) is 0 Å². The summed E-state index contributed by atoms with van der Waals surface area (Å²) in [5, 5.41) is 3.12. The highest BCUT2D eigenvalue weighted by molar-refractivity contribution is 9.10. The minimum absolute atomic E-state index is 0.171. The Morgan fingerprint density at radius 1 is 1.38 bits per heavy atom. The second-order valence-corrected chi connectivity index (χ2v) is 6.87. The zero-order chi connectivity index (χ0) is 12.2. The van der Waals surface area contributed by atoms with E-state index in [0.717, 1.165) is 15.7 Å². The molecule has 16 heavy (non-hydrogen) atoms. The van der Waals surface area contributed by atoms with E-state index in [4.69, 9.17) is 0 Å². The van der Waals surface area contributed by atoms with Crippen molar-refractivity contribution in [3.8, 4) is 0 Å². The van der Waals surface area contributed by atoms with Gasteiger partial charge in [-0.05, 0) is 34.5 Å². The van der Waals surface area contributed by atoms with Crippen LogP contribution in [0.3, 0.4) is 0 Å². The Balaban J connectivity index is 2.59. The minimum atomic E-state index is -2.89. The highest BCUT2D eigenvalue weighted by Gasteiger charge is 2.07. The van der Waals surface area contributed by atoms with Crippen LogP contribution in [0.15, 0.2) is 22.7 Å². The standard InChI is InChI=1S/C11H16BrNO2S/c1-3-16(14,15)8-7-13-10-6-4-5-9(2)11(10)12/h4-6,13H,3,7-8H2,1-2H3. The van der Waals surface area contributed by atoms with Gasteiger partial charge in [0.1, 0.15) is 0 Å². The Hall–Kier alpha value is -0.550. The molecule has 0 saturated carbocycles. The highest BCUT2D eigenvalue weighted by Crippen LogP contribution is 2.25. The molecule has 0 spiro atoms. The molecule has 0 saturated heterocycles. The van der Waals surface area contributed by atoms with Crippen LogP contribution in [0.5, 0.6) is 0 Å². The van der Waals surface area contributed by atoms with Crippen LogP contribution < -0.4 is 5.32 Å². The summed E-state index contributed by atoms with van der Waals surface area (Å²) in [6, 6.07) is 5.87. The number of aryl methyl sites for hydroxylation is 1. The Kier molecular flexibility index (Phi) is 4.80. The summed E-state index contributed by atoms with van der Waals surface area (Å²) in [7, 11) is -2.89. The van der Waals surface area contributed by atoms with Crippen LogP contribution in [0.2, 0.25) is 0 Å². The van der Waals surface area contributed by atoms with E-state index < -0.39 is 9.84 Å². The summed E-state index contributed by atoms with van der Waals surface area (Å²) in [5.74, 6) is 0.369. The molecular weight excluding hydrogens is 290 g/mol. The van der Waals surface area contributed by atoms with Gasteiger partial charge in [-0.2, -0.15) is 0 Å². The fraction of sp³-hybridized carbons (Fsp3) is 0.455. The molecule has 1 aromatic carbocycles. The third-order valence-electron chi connectivity index (χ3n) is 2.36. The van der Waals surface area contributed by atoms with Gasteiger partial charge in [0.05, 0.1) is 5.75 Å². The molecular formula is C11H16BrNO2S. The highest BCUT2D eigenvalue weighted by atomic mass is 79.9. The van der Waals surface area contributed by atoms with E-state index in [1.165, 1.54) is 0 Å². The number of anilines is 1. The van der Waals surface area contributed by atoms with Crippen molar-refractivity contribution in [2.45, 2.75) is 13.8 Å². The summed E-state index contributed by atoms with van der Waals surface area (Å²) >= 11 is 3.47. The molecule has 0 amide bonds. The van der Waals surface area contributed by atoms with Crippen LogP contribution in [0.4, 0.5) is 5.69 Å². The van der Waals surface area contributed by atoms with Gasteiger partial charge < -0.3 is 5.32 Å². The van der Waals surface area contributed by atoms with Crippen LogP contribution in [-0.4, -0.2) is 26.5 Å². The minimum Gasteiger partial charge on any atom is -0.383 e. The molecule has 0 aliphatic carbocycles. The van der Waals surface area contributed by atoms with E-state index >= 15 is 0 Å². The molecule has 0 aliphatic heterocycles. The second kappa shape index (κ2) is 5.68. The van der Waals surface area contributed by atoms with Crippen molar-refractivity contribution in [1.82, 2.24) is 0 Å². The Morgan fingerprint density at radius 2 is 2.06 bits per heavy atom. The zero-order valence-electron chi connectivity index (χ0n) is 9.46. The monoisotopic (exact) mass is 305 g/mol. The first-order valence-electron chi connectivity index (χ1n) is 5.15. The van der Waals surface area contributed by atoms with Crippen molar-refractivity contribution in [2.75, 3.05) is 23.4 Å². The maximum absolute atomic E-state index is 11.3. The topological polar surface area (TPSA) is 46.2 Å². The van der Waals surface area contributed by atoms with Crippen molar-refractivity contribution in [2.24, 2.45) is 0 Å². The zero-order valence-corrected chi connectivity index (χ0v) is 11.9. The first-order valence-corrected chi connectivity index (χ1v) is 7.77. The first kappa shape index (κ1) is 13.5. The molecule has 0 heterocycles. The summed E-state index contributed by atoms with van der Waals surface area (Å²) in [6.45, 7) is 4.11. The van der Waals surface area contributed by atoms with E-state index in [1.54, 1.807) is 6.92 Å². The van der Waals surface area contributed by atoms with E-state index in [2.05, 4.69) is 21.2 Å². The van der Waals surface area contributed by atoms with Gasteiger partial charge in [0, 0.05) is 22.5 Å². The van der Waals surface area contributed by atoms with Crippen molar-refractivity contribution in [3.63, 3.8) is 0 Å². The Morgan fingerprint density at radius 3 is 2.69 bits per heavy atom. The van der Waals surface area contributed by atoms with E-state index in [1.807, 2.05) is 25.1 Å². The van der Waals surface area contributed by atoms with Crippen molar-refractivity contribution in [3.05, 3.63) is 28.2 Å². The fourth-order valence-electron chi connectivity index (χ4n) is 1.27. The van der Waals surface area contributed by atoms with E-state index in [9.17, 15) is 8.42 Å². The number of hydrogen-bond acceptors (Lipinski definition) is 3. The normalized spacial score (nSPS) is 11.4. The van der Waals surface area contributed by atoms with Crippen LogP contribution >= 0.6 is 15.9 Å². The lowest BCUT2D eigenvalue weighted by Crippen LogP contribution is -2.17. The SMILES string of the molecule is CCS(=O)(=O)CCNc1cccc(C)c1Br. The third-order valence-corrected chi connectivity index (χ3v) is 5.12. The molecule has 90 valence electrons. The third kappa shape index (κ3) is 3.79. The maximum atomic E-state index is 11.3. The summed E-state index contributed by atoms with van der Waals surface area (Å²) in [4.78, 5) is 0. The molecule has 1 rings (SSSR count). The smallest absolute Gasteiger partial charge is 0.151 e. The number of halogens is 1. The van der Waals surface area contributed by atoms with Gasteiger partial charge in [0.15, 0.2) is 9.84 Å². The quantitative estimate of drug-likeness (QED) is 0.909. The van der Waals surface area contributed by atoms with Gasteiger partial charge in [-0.25, -0.2) is 8.42 Å². The molecule has 0 unspecified atom stereocenters. The maximum Gasteiger partial charge on any atom is 0.151 e. The van der Waals surface area contributed by atoms with Crippen molar-refractivity contribution < 1.29 is 8.42 Å². The average Bonchev–Trinajstić information content (AvgIpc) is 2.24. The number of nitrogens with one attached hydrogen (secondary N) is 1. The molecule has 0 atom stereocenters. The van der Waals surface area contributed by atoms with Gasteiger partial charge >= 0.3 is 0 Å². The predicted octanol–water partition coefficient (Wildman–Crippen LogP) is 2.60. The van der Waals surface area contributed by atoms with Crippen LogP contribution in [0, 0.1) is 6.92 Å². The number of benzene rings is 1. The lowest BCUT2D eigenvalue weighted by atomic mass is 10.2. The lowest BCUT2D eigenvalue weighted by Gasteiger charge is -2.09. The van der Waals surface area contributed by atoms with Gasteiger partial charge in [-0.3, -0.25) is 0 Å². The van der Waals surface area contributed by atoms with Crippen LogP contribution in [-0.2, 0) is 9.84 Å². The average molecular weight is 306 g/mol. The van der Waals surface area contributed by atoms with Gasteiger partial charge in [-0.15, -0.1) is 0 Å². The Bertz CT molecular complexity index is 457. The lowest BCUT2D eigenvalue weighted by molar-refractivity contribution is 0.597. The second-order valence-electron chi connectivity index (χ2n) is 3.60. The number of rotatable bonds is 5. The molecule has 3 nitrogen and oxygen atoms in total. The first-order chi connectivity index (χ1) is 7.46. The fourth-order valence-corrected chi connectivity index (χ4v) is 2.38. The molecule has 0 radical (unpaired) electrons. The van der Waals surface area contributed by atoms with Crippen LogP contribution in [0.1, 0.15) is 12.5 Å². The van der Waals surface area contributed by atoms with E-state index in [-0.39, 0.29) is 11.5 Å². The Labute approximate surface area is 105 Å². The van der Waals surface area contributed by atoms with E-state index in [0.29, 0.717) is 6.54 Å². The largest absolute Gasteiger partial charge is 0.383 e. The van der Waals surface area contributed by atoms with Crippen LogP contribution in [0.25, 0.3) is 0 Å². The molecule has 0 bridgehead atoms. The number of sulfone groups is 1. The van der Waals surface area contributed by atoms with Gasteiger partial charge in [-0.1, -0.05) is 19.1 Å². The summed E-state index contributed by atoms with van der Waals surface area (Å²) < 4.78 is 23.6. The summed E-state index contributed by atoms with van der Waals surface area (Å²) in [5.41, 5.74) is 2.06. The summed E-state index contributed by atoms with van der Waals surface area (Å²) in [6.07, 6.45) is 0. The van der Waals surface area contributed by atoms with Gasteiger partial charge in [0.25, 0.3) is 0 Å². The predicted molar refractivity (Wildman–Crippen MR) is 71.7 cm³/mol. The molecule has 0 fully saturated rings. The molecule has 5 heteroatoms. The number of hydrogen-bond donors (Lipinski definition) is 1. The van der Waals surface area contributed by atoms with Crippen molar-refractivity contribution in [1.29, 1.82) is 0 Å². The van der Waals surface area contributed by atoms with Crippen molar-refractivity contribution >= 4 is 31.5 Å².